The molecule has 1 amide bonds. The number of amides is 1. The molecule has 0 aliphatic heterocycles. The summed E-state index contributed by atoms with van der Waals surface area (Å²) in [6, 6.07) is 19.9. The molecule has 0 fully saturated rings. The van der Waals surface area contributed by atoms with Crippen LogP contribution in [-0.2, 0) is 4.79 Å². The minimum atomic E-state index is -0.520. The topological polar surface area (TPSA) is 66.0 Å². The van der Waals surface area contributed by atoms with Crippen molar-refractivity contribution in [3.05, 3.63) is 83.9 Å². The highest BCUT2D eigenvalue weighted by molar-refractivity contribution is 6.09. The number of nitrogens with zero attached hydrogens (tertiary/aromatic N) is 1. The molecule has 0 saturated heterocycles. The van der Waals surface area contributed by atoms with Crippen molar-refractivity contribution in [1.29, 1.82) is 5.26 Å². The minimum Gasteiger partial charge on any atom is -0.457 e. The minimum absolute atomic E-state index is 0.0798. The molecule has 0 unspecified atom stereocenters. The molecular formula is C20H13FN2O2. The Labute approximate surface area is 143 Å². The van der Waals surface area contributed by atoms with Gasteiger partial charge in [-0.2, -0.15) is 5.26 Å². The molecule has 3 rings (SSSR count). The van der Waals surface area contributed by atoms with Crippen molar-refractivity contribution in [1.82, 2.24) is 0 Å². The van der Waals surface area contributed by atoms with Crippen molar-refractivity contribution in [2.75, 3.05) is 5.32 Å². The third-order valence-corrected chi connectivity index (χ3v) is 3.44. The predicted octanol–water partition coefficient (Wildman–Crippen LogP) is 4.63. The zero-order chi connectivity index (χ0) is 17.6. The average Bonchev–Trinajstić information content (AvgIpc) is 3.09. The summed E-state index contributed by atoms with van der Waals surface area (Å²) >= 11 is 0. The van der Waals surface area contributed by atoms with Crippen molar-refractivity contribution in [2.45, 2.75) is 0 Å². The highest BCUT2D eigenvalue weighted by Crippen LogP contribution is 2.23. The van der Waals surface area contributed by atoms with Gasteiger partial charge in [-0.15, -0.1) is 0 Å². The van der Waals surface area contributed by atoms with Gasteiger partial charge in [0.15, 0.2) is 0 Å². The zero-order valence-electron chi connectivity index (χ0n) is 13.1. The van der Waals surface area contributed by atoms with Crippen LogP contribution < -0.4 is 5.32 Å². The highest BCUT2D eigenvalue weighted by atomic mass is 19.1. The number of hydrogen-bond donors (Lipinski definition) is 1. The quantitative estimate of drug-likeness (QED) is 0.559. The molecule has 3 aromatic rings. The van der Waals surface area contributed by atoms with Gasteiger partial charge < -0.3 is 9.73 Å². The number of hydrogen-bond acceptors (Lipinski definition) is 3. The van der Waals surface area contributed by atoms with Gasteiger partial charge in [0.25, 0.3) is 5.91 Å². The summed E-state index contributed by atoms with van der Waals surface area (Å²) in [4.78, 5) is 12.2. The molecule has 0 aliphatic rings. The lowest BCUT2D eigenvalue weighted by Crippen LogP contribution is -2.13. The summed E-state index contributed by atoms with van der Waals surface area (Å²) in [5, 5.41) is 11.9. The Kier molecular flexibility index (Phi) is 4.72. The number of nitrogens with one attached hydrogen (secondary N) is 1. The summed E-state index contributed by atoms with van der Waals surface area (Å²) in [6.07, 6.45) is 1.37. The largest absolute Gasteiger partial charge is 0.457 e. The second-order valence-electron chi connectivity index (χ2n) is 5.20. The number of carbonyl (C=O) groups excluding carboxylic acids is 1. The number of nitriles is 1. The molecule has 1 aromatic heterocycles. The maximum Gasteiger partial charge on any atom is 0.266 e. The Bertz CT molecular complexity index is 951. The van der Waals surface area contributed by atoms with Crippen LogP contribution in [-0.4, -0.2) is 5.91 Å². The summed E-state index contributed by atoms with van der Waals surface area (Å²) < 4.78 is 18.6. The molecule has 1 heterocycles. The van der Waals surface area contributed by atoms with Gasteiger partial charge in [0.1, 0.15) is 29.0 Å². The summed E-state index contributed by atoms with van der Waals surface area (Å²) in [5.41, 5.74) is 1.22. The molecule has 0 bridgehead atoms. The van der Waals surface area contributed by atoms with E-state index in [1.54, 1.807) is 48.5 Å². The van der Waals surface area contributed by atoms with Crippen molar-refractivity contribution >= 4 is 17.7 Å². The molecule has 0 saturated carbocycles. The van der Waals surface area contributed by atoms with Crippen LogP contribution in [0.25, 0.3) is 17.4 Å². The molecule has 122 valence electrons. The van der Waals surface area contributed by atoms with E-state index in [1.807, 2.05) is 12.1 Å². The van der Waals surface area contributed by atoms with Crippen LogP contribution >= 0.6 is 0 Å². The first-order chi connectivity index (χ1) is 12.2. The molecule has 0 atom stereocenters. The van der Waals surface area contributed by atoms with Crippen LogP contribution in [0.5, 0.6) is 0 Å². The normalized spacial score (nSPS) is 11.0. The Hall–Kier alpha value is -3.65. The molecule has 25 heavy (non-hydrogen) atoms. The van der Waals surface area contributed by atoms with Gasteiger partial charge in [-0.25, -0.2) is 4.39 Å². The monoisotopic (exact) mass is 332 g/mol. The number of furan rings is 1. The molecule has 4 nitrogen and oxygen atoms in total. The lowest BCUT2D eigenvalue weighted by molar-refractivity contribution is -0.112. The van der Waals surface area contributed by atoms with Crippen LogP contribution in [0.1, 0.15) is 5.76 Å². The maximum atomic E-state index is 13.0. The first-order valence-corrected chi connectivity index (χ1v) is 7.50. The first kappa shape index (κ1) is 16.2. The van der Waals surface area contributed by atoms with Gasteiger partial charge in [0.05, 0.1) is 0 Å². The van der Waals surface area contributed by atoms with Gasteiger partial charge >= 0.3 is 0 Å². The van der Waals surface area contributed by atoms with E-state index in [4.69, 9.17) is 4.42 Å². The Morgan fingerprint density at radius 2 is 1.76 bits per heavy atom. The summed E-state index contributed by atoms with van der Waals surface area (Å²) in [6.45, 7) is 0. The Morgan fingerprint density at radius 1 is 1.04 bits per heavy atom. The van der Waals surface area contributed by atoms with Crippen molar-refractivity contribution in [3.8, 4) is 17.4 Å². The van der Waals surface area contributed by atoms with Crippen LogP contribution in [0.3, 0.4) is 0 Å². The fourth-order valence-electron chi connectivity index (χ4n) is 2.21. The fourth-order valence-corrected chi connectivity index (χ4v) is 2.21. The number of anilines is 1. The van der Waals surface area contributed by atoms with Gasteiger partial charge in [-0.1, -0.05) is 18.2 Å². The summed E-state index contributed by atoms with van der Waals surface area (Å²) in [5.74, 6) is 0.0271. The van der Waals surface area contributed by atoms with Crippen LogP contribution in [0.2, 0.25) is 0 Å². The smallest absolute Gasteiger partial charge is 0.266 e. The molecular weight excluding hydrogens is 319 g/mol. The predicted molar refractivity (Wildman–Crippen MR) is 92.8 cm³/mol. The Balaban J connectivity index is 1.80. The number of benzene rings is 2. The van der Waals surface area contributed by atoms with E-state index < -0.39 is 5.91 Å². The maximum absolute atomic E-state index is 13.0. The zero-order valence-corrected chi connectivity index (χ0v) is 13.1. The van der Waals surface area contributed by atoms with Crippen molar-refractivity contribution in [2.24, 2.45) is 0 Å². The lowest BCUT2D eigenvalue weighted by atomic mass is 10.2. The van der Waals surface area contributed by atoms with E-state index in [2.05, 4.69) is 5.32 Å². The van der Waals surface area contributed by atoms with Crippen LogP contribution in [0, 0.1) is 17.1 Å². The van der Waals surface area contributed by atoms with E-state index in [-0.39, 0.29) is 11.4 Å². The molecule has 0 aliphatic carbocycles. The number of carbonyl (C=O) groups is 1. The van der Waals surface area contributed by atoms with Gasteiger partial charge in [0.2, 0.25) is 0 Å². The number of rotatable bonds is 4. The lowest BCUT2D eigenvalue weighted by Gasteiger charge is -2.03. The number of halogens is 1. The standard InChI is InChI=1S/C20H13FN2O2/c21-16-8-6-14(7-9-16)19-11-10-18(25-19)12-15(13-22)20(24)23-17-4-2-1-3-5-17/h1-12H,(H,23,24)/b15-12-. The van der Waals surface area contributed by atoms with E-state index in [0.29, 0.717) is 22.8 Å². The van der Waals surface area contributed by atoms with Crippen LogP contribution in [0.15, 0.2) is 76.7 Å². The highest BCUT2D eigenvalue weighted by Gasteiger charge is 2.11. The summed E-state index contributed by atoms with van der Waals surface area (Å²) in [7, 11) is 0. The molecule has 5 heteroatoms. The van der Waals surface area contributed by atoms with E-state index >= 15 is 0 Å². The first-order valence-electron chi connectivity index (χ1n) is 7.50. The van der Waals surface area contributed by atoms with Crippen LogP contribution in [0.4, 0.5) is 10.1 Å². The molecule has 0 spiro atoms. The molecule has 0 radical (unpaired) electrons. The van der Waals surface area contributed by atoms with E-state index in [1.165, 1.54) is 18.2 Å². The Morgan fingerprint density at radius 3 is 2.44 bits per heavy atom. The van der Waals surface area contributed by atoms with E-state index in [9.17, 15) is 14.4 Å². The second kappa shape index (κ2) is 7.28. The van der Waals surface area contributed by atoms with Crippen molar-refractivity contribution in [3.63, 3.8) is 0 Å². The third kappa shape index (κ3) is 4.01. The van der Waals surface area contributed by atoms with Gasteiger partial charge in [0, 0.05) is 17.3 Å². The SMILES string of the molecule is N#C/C(=C/c1ccc(-c2ccc(F)cc2)o1)C(=O)Nc1ccccc1. The third-order valence-electron chi connectivity index (χ3n) is 3.44. The molecule has 1 N–H and O–H groups in total. The second-order valence-corrected chi connectivity index (χ2v) is 5.20. The van der Waals surface area contributed by atoms with Gasteiger partial charge in [-0.3, -0.25) is 4.79 Å². The molecule has 2 aromatic carbocycles. The number of para-hydroxylation sites is 1. The average molecular weight is 332 g/mol. The van der Waals surface area contributed by atoms with Gasteiger partial charge in [-0.05, 0) is 48.5 Å². The van der Waals surface area contributed by atoms with Crippen molar-refractivity contribution < 1.29 is 13.6 Å². The fraction of sp³-hybridized carbons (Fsp3) is 0. The van der Waals surface area contributed by atoms with E-state index in [0.717, 1.165) is 0 Å².